The Morgan fingerprint density at radius 1 is 1.31 bits per heavy atom. The highest BCUT2D eigenvalue weighted by atomic mass is 16.5. The molecule has 1 amide bonds. The summed E-state index contributed by atoms with van der Waals surface area (Å²) in [5.74, 6) is 1.48. The van der Waals surface area contributed by atoms with E-state index in [1.807, 2.05) is 18.2 Å². The van der Waals surface area contributed by atoms with E-state index >= 15 is 0 Å². The van der Waals surface area contributed by atoms with Crippen LogP contribution in [0, 0.1) is 11.3 Å². The van der Waals surface area contributed by atoms with E-state index < -0.39 is 5.54 Å². The molecule has 1 aromatic rings. The number of likely N-dealkylation sites (tertiary alicyclic amines) is 1. The monoisotopic (exact) mass is 357 g/mol. The van der Waals surface area contributed by atoms with Crippen molar-refractivity contribution in [2.24, 2.45) is 0 Å². The average molecular weight is 357 g/mol. The molecule has 0 radical (unpaired) electrons. The van der Waals surface area contributed by atoms with Crippen LogP contribution in [0.25, 0.3) is 0 Å². The molecule has 1 N–H and O–H groups in total. The normalized spacial score (nSPS) is 22.0. The summed E-state index contributed by atoms with van der Waals surface area (Å²) >= 11 is 0. The van der Waals surface area contributed by atoms with E-state index in [2.05, 4.69) is 16.3 Å². The van der Waals surface area contributed by atoms with Gasteiger partial charge >= 0.3 is 0 Å². The van der Waals surface area contributed by atoms with Crippen LogP contribution in [-0.2, 0) is 4.79 Å². The molecule has 2 aliphatic rings. The molecule has 0 bridgehead atoms. The summed E-state index contributed by atoms with van der Waals surface area (Å²) in [4.78, 5) is 14.8. The second-order valence-electron chi connectivity index (χ2n) is 7.19. The molecule has 140 valence electrons. The third-order valence-corrected chi connectivity index (χ3v) is 5.56. The van der Waals surface area contributed by atoms with Gasteiger partial charge in [-0.05, 0) is 51.1 Å². The van der Waals surface area contributed by atoms with Crippen LogP contribution in [0.3, 0.4) is 0 Å². The fraction of sp³-hybridized carbons (Fsp3) is 0.600. The summed E-state index contributed by atoms with van der Waals surface area (Å²) in [6.07, 6.45) is 5.54. The van der Waals surface area contributed by atoms with E-state index in [0.717, 1.165) is 62.1 Å². The van der Waals surface area contributed by atoms with Gasteiger partial charge in [0.15, 0.2) is 0 Å². The van der Waals surface area contributed by atoms with E-state index in [1.54, 1.807) is 14.2 Å². The van der Waals surface area contributed by atoms with Gasteiger partial charge in [0.25, 0.3) is 0 Å². The Bertz CT molecular complexity index is 692. The van der Waals surface area contributed by atoms with Crippen molar-refractivity contribution in [1.29, 1.82) is 5.26 Å². The third kappa shape index (κ3) is 3.78. The lowest BCUT2D eigenvalue weighted by atomic mass is 10.00. The second-order valence-corrected chi connectivity index (χ2v) is 7.19. The molecule has 1 unspecified atom stereocenters. The summed E-state index contributed by atoms with van der Waals surface area (Å²) in [6.45, 7) is 1.18. The summed E-state index contributed by atoms with van der Waals surface area (Å²) < 4.78 is 10.8. The first-order chi connectivity index (χ1) is 12.6. The minimum Gasteiger partial charge on any atom is -0.497 e. The number of carbonyl (C=O) groups is 1. The minimum absolute atomic E-state index is 0.0622. The number of benzene rings is 1. The van der Waals surface area contributed by atoms with Crippen LogP contribution in [0.1, 0.15) is 50.1 Å². The Hall–Kier alpha value is -2.26. The summed E-state index contributed by atoms with van der Waals surface area (Å²) in [7, 11) is 3.29. The quantitative estimate of drug-likeness (QED) is 0.847. The van der Waals surface area contributed by atoms with E-state index in [9.17, 15) is 10.1 Å². The Kier molecular flexibility index (Phi) is 5.67. The molecule has 1 aromatic carbocycles. The topological polar surface area (TPSA) is 74.6 Å². The third-order valence-electron chi connectivity index (χ3n) is 5.56. The number of amides is 1. The molecule has 0 spiro atoms. The standard InChI is InChI=1S/C20H27N3O3/c1-25-15-7-8-16(18(12-15)26-2)17-6-5-11-23(17)13-19(24)22-20(14-21)9-3-4-10-20/h7-8,12,17H,3-6,9-11,13H2,1-2H3,(H,22,24). The van der Waals surface area contributed by atoms with Gasteiger partial charge in [-0.25, -0.2) is 0 Å². The van der Waals surface area contributed by atoms with Gasteiger partial charge in [0.05, 0.1) is 26.8 Å². The summed E-state index contributed by atoms with van der Waals surface area (Å²) in [6, 6.07) is 8.30. The van der Waals surface area contributed by atoms with Gasteiger partial charge in [0.2, 0.25) is 5.91 Å². The van der Waals surface area contributed by atoms with Crippen LogP contribution in [0.4, 0.5) is 0 Å². The smallest absolute Gasteiger partial charge is 0.235 e. The molecule has 6 nitrogen and oxygen atoms in total. The lowest BCUT2D eigenvalue weighted by Gasteiger charge is -2.28. The Morgan fingerprint density at radius 2 is 2.08 bits per heavy atom. The van der Waals surface area contributed by atoms with Crippen molar-refractivity contribution >= 4 is 5.91 Å². The molecule has 1 atom stereocenters. The van der Waals surface area contributed by atoms with Gasteiger partial charge < -0.3 is 14.8 Å². The maximum absolute atomic E-state index is 12.6. The number of hydrogen-bond acceptors (Lipinski definition) is 5. The fourth-order valence-electron chi connectivity index (χ4n) is 4.20. The SMILES string of the molecule is COc1ccc(C2CCCN2CC(=O)NC2(C#N)CCCC2)c(OC)c1. The summed E-state index contributed by atoms with van der Waals surface area (Å²) in [5, 5.41) is 12.5. The molecule has 1 aliphatic carbocycles. The number of nitrogens with zero attached hydrogens (tertiary/aromatic N) is 2. The Balaban J connectivity index is 1.71. The Morgan fingerprint density at radius 3 is 2.73 bits per heavy atom. The van der Waals surface area contributed by atoms with Gasteiger partial charge in [-0.15, -0.1) is 0 Å². The highest BCUT2D eigenvalue weighted by Gasteiger charge is 2.37. The molecule has 1 saturated heterocycles. The first kappa shape index (κ1) is 18.5. The predicted molar refractivity (Wildman–Crippen MR) is 98.0 cm³/mol. The van der Waals surface area contributed by atoms with Crippen molar-refractivity contribution in [3.8, 4) is 17.6 Å². The van der Waals surface area contributed by atoms with Crippen LogP contribution in [0.15, 0.2) is 18.2 Å². The van der Waals surface area contributed by atoms with Gasteiger partial charge in [0, 0.05) is 17.7 Å². The summed E-state index contributed by atoms with van der Waals surface area (Å²) in [5.41, 5.74) is 0.416. The largest absolute Gasteiger partial charge is 0.497 e. The number of nitrogens with one attached hydrogen (secondary N) is 1. The average Bonchev–Trinajstić information content (AvgIpc) is 3.31. The lowest BCUT2D eigenvalue weighted by molar-refractivity contribution is -0.123. The number of ether oxygens (including phenoxy) is 2. The van der Waals surface area contributed by atoms with Crippen molar-refractivity contribution in [1.82, 2.24) is 10.2 Å². The first-order valence-electron chi connectivity index (χ1n) is 9.29. The highest BCUT2D eigenvalue weighted by Crippen LogP contribution is 2.38. The Labute approximate surface area is 155 Å². The number of rotatable bonds is 6. The molecule has 26 heavy (non-hydrogen) atoms. The van der Waals surface area contributed by atoms with E-state index in [4.69, 9.17) is 9.47 Å². The zero-order valence-electron chi connectivity index (χ0n) is 15.6. The van der Waals surface area contributed by atoms with Gasteiger partial charge in [-0.1, -0.05) is 6.07 Å². The van der Waals surface area contributed by atoms with Crippen molar-refractivity contribution < 1.29 is 14.3 Å². The lowest BCUT2D eigenvalue weighted by Crippen LogP contribution is -2.48. The van der Waals surface area contributed by atoms with Gasteiger partial charge in [-0.3, -0.25) is 9.69 Å². The fourth-order valence-corrected chi connectivity index (χ4v) is 4.20. The minimum atomic E-state index is -0.663. The molecule has 2 fully saturated rings. The number of nitriles is 1. The molecule has 3 rings (SSSR count). The maximum Gasteiger partial charge on any atom is 0.235 e. The predicted octanol–water partition coefficient (Wildman–Crippen LogP) is 2.79. The van der Waals surface area contributed by atoms with E-state index in [0.29, 0.717) is 6.54 Å². The zero-order chi connectivity index (χ0) is 18.6. The van der Waals surface area contributed by atoms with Crippen LogP contribution in [0.2, 0.25) is 0 Å². The molecule has 1 heterocycles. The molecule has 1 aliphatic heterocycles. The van der Waals surface area contributed by atoms with E-state index in [1.165, 1.54) is 0 Å². The molecule has 0 aromatic heterocycles. The first-order valence-corrected chi connectivity index (χ1v) is 9.29. The van der Waals surface area contributed by atoms with Crippen LogP contribution < -0.4 is 14.8 Å². The molecular weight excluding hydrogens is 330 g/mol. The zero-order valence-corrected chi connectivity index (χ0v) is 15.6. The molecule has 1 saturated carbocycles. The van der Waals surface area contributed by atoms with E-state index in [-0.39, 0.29) is 11.9 Å². The van der Waals surface area contributed by atoms with Crippen molar-refractivity contribution in [2.45, 2.75) is 50.1 Å². The van der Waals surface area contributed by atoms with Crippen molar-refractivity contribution in [3.05, 3.63) is 23.8 Å². The maximum atomic E-state index is 12.6. The van der Waals surface area contributed by atoms with Crippen molar-refractivity contribution in [2.75, 3.05) is 27.3 Å². The van der Waals surface area contributed by atoms with Crippen LogP contribution >= 0.6 is 0 Å². The van der Waals surface area contributed by atoms with Gasteiger partial charge in [0.1, 0.15) is 17.0 Å². The number of methoxy groups -OCH3 is 2. The van der Waals surface area contributed by atoms with Gasteiger partial charge in [-0.2, -0.15) is 5.26 Å². The molecule has 6 heteroatoms. The second kappa shape index (κ2) is 7.96. The number of carbonyl (C=O) groups excluding carboxylic acids is 1. The number of hydrogen-bond donors (Lipinski definition) is 1. The van der Waals surface area contributed by atoms with Crippen LogP contribution in [-0.4, -0.2) is 43.7 Å². The molecular formula is C20H27N3O3. The van der Waals surface area contributed by atoms with Crippen LogP contribution in [0.5, 0.6) is 11.5 Å². The highest BCUT2D eigenvalue weighted by molar-refractivity contribution is 5.79. The van der Waals surface area contributed by atoms with Crippen molar-refractivity contribution in [3.63, 3.8) is 0 Å².